The highest BCUT2D eigenvalue weighted by atomic mass is 35.5. The summed E-state index contributed by atoms with van der Waals surface area (Å²) in [5, 5.41) is 0.969. The number of hydrogen-bond acceptors (Lipinski definition) is 5. The number of carbonyl (C=O) groups is 1. The molecule has 2 aromatic carbocycles. The second-order valence-corrected chi connectivity index (χ2v) is 10.8. The van der Waals surface area contributed by atoms with Crippen LogP contribution in [0.2, 0.25) is 5.02 Å². The third kappa shape index (κ3) is 4.60. The van der Waals surface area contributed by atoms with Crippen molar-refractivity contribution in [3.63, 3.8) is 0 Å². The highest BCUT2D eigenvalue weighted by molar-refractivity contribution is 8.16. The Bertz CT molecular complexity index is 1070. The largest absolute Gasteiger partial charge is 0.484 e. The number of ether oxygens (including phenoxy) is 1. The Morgan fingerprint density at radius 1 is 1.24 bits per heavy atom. The average molecular weight is 451 g/mol. The van der Waals surface area contributed by atoms with Gasteiger partial charge in [-0.25, -0.2) is 8.42 Å². The molecular formula is C20H19ClN2O4S2. The van der Waals surface area contributed by atoms with E-state index in [0.717, 1.165) is 11.3 Å². The second-order valence-electron chi connectivity index (χ2n) is 7.04. The topological polar surface area (TPSA) is 76.0 Å². The quantitative estimate of drug-likeness (QED) is 0.711. The first-order valence-electron chi connectivity index (χ1n) is 9.04. The van der Waals surface area contributed by atoms with Crippen molar-refractivity contribution in [1.29, 1.82) is 0 Å². The Morgan fingerprint density at radius 2 is 2.00 bits per heavy atom. The van der Waals surface area contributed by atoms with Crippen LogP contribution in [-0.4, -0.2) is 48.9 Å². The maximum absolute atomic E-state index is 12.4. The Kier molecular flexibility index (Phi) is 5.59. The fourth-order valence-corrected chi connectivity index (χ4v) is 7.52. The van der Waals surface area contributed by atoms with Crippen molar-refractivity contribution in [2.45, 2.75) is 18.2 Å². The van der Waals surface area contributed by atoms with Gasteiger partial charge in [0.2, 0.25) is 0 Å². The maximum atomic E-state index is 12.4. The highest BCUT2D eigenvalue weighted by Gasteiger charge is 2.49. The van der Waals surface area contributed by atoms with Gasteiger partial charge in [0, 0.05) is 16.0 Å². The summed E-state index contributed by atoms with van der Waals surface area (Å²) >= 11 is 7.19. The first-order valence-corrected chi connectivity index (χ1v) is 12.1. The fourth-order valence-electron chi connectivity index (χ4n) is 3.46. The second kappa shape index (κ2) is 8.01. The zero-order valence-corrected chi connectivity index (χ0v) is 18.0. The summed E-state index contributed by atoms with van der Waals surface area (Å²) in [6.45, 7) is 1.76. The molecule has 2 fully saturated rings. The van der Waals surface area contributed by atoms with E-state index in [4.69, 9.17) is 16.3 Å². The number of thioether (sulfide) groups is 1. The van der Waals surface area contributed by atoms with Crippen molar-refractivity contribution < 1.29 is 17.9 Å². The lowest BCUT2D eigenvalue weighted by molar-refractivity contribution is -0.119. The van der Waals surface area contributed by atoms with Crippen molar-refractivity contribution in [2.24, 2.45) is 4.99 Å². The Hall–Kier alpha value is -2.03. The highest BCUT2D eigenvalue weighted by Crippen LogP contribution is 2.41. The molecule has 2 atom stereocenters. The number of aryl methyl sites for hydroxylation is 1. The molecule has 2 aliphatic rings. The molecular weight excluding hydrogens is 432 g/mol. The van der Waals surface area contributed by atoms with Gasteiger partial charge in [0.1, 0.15) is 5.75 Å². The number of aliphatic imine (C=N–C) groups is 1. The summed E-state index contributed by atoms with van der Waals surface area (Å²) in [5.41, 5.74) is 1.89. The minimum atomic E-state index is -3.10. The first kappa shape index (κ1) is 20.3. The molecule has 2 heterocycles. The molecule has 152 valence electrons. The number of amidine groups is 1. The molecule has 1 amide bonds. The monoisotopic (exact) mass is 450 g/mol. The van der Waals surface area contributed by atoms with Crippen LogP contribution in [0.3, 0.4) is 0 Å². The van der Waals surface area contributed by atoms with Crippen LogP contribution >= 0.6 is 23.4 Å². The van der Waals surface area contributed by atoms with E-state index in [9.17, 15) is 13.2 Å². The summed E-state index contributed by atoms with van der Waals surface area (Å²) in [5.74, 6) is 0.259. The van der Waals surface area contributed by atoms with Gasteiger partial charge in [-0.1, -0.05) is 35.5 Å². The molecule has 9 heteroatoms. The average Bonchev–Trinajstić information content (AvgIpc) is 3.12. The lowest BCUT2D eigenvalue weighted by atomic mass is 10.1. The summed E-state index contributed by atoms with van der Waals surface area (Å²) in [4.78, 5) is 18.6. The van der Waals surface area contributed by atoms with E-state index >= 15 is 0 Å². The standard InChI is InChI=1S/C20H19ClN2O4S2/c1-13-3-2-4-15(9-13)23-17-11-29(25,26)12-18(17)28-20(23)22-19(24)10-27-16-7-5-14(21)6-8-16/h2-9,17-18H,10-12H2,1H3/t17-,18-/m0/s1. The molecule has 0 saturated carbocycles. The molecule has 0 unspecified atom stereocenters. The number of benzene rings is 2. The van der Waals surface area contributed by atoms with Crippen LogP contribution < -0.4 is 9.64 Å². The maximum Gasteiger partial charge on any atom is 0.285 e. The predicted octanol–water partition coefficient (Wildman–Crippen LogP) is 3.33. The molecule has 0 bridgehead atoms. The number of halogens is 1. The predicted molar refractivity (Wildman–Crippen MR) is 117 cm³/mol. The smallest absolute Gasteiger partial charge is 0.285 e. The van der Waals surface area contributed by atoms with Gasteiger partial charge in [0.15, 0.2) is 21.6 Å². The number of anilines is 1. The van der Waals surface area contributed by atoms with Crippen LogP contribution in [0.4, 0.5) is 5.69 Å². The molecule has 0 aromatic heterocycles. The number of amides is 1. The molecule has 0 N–H and O–H groups in total. The van der Waals surface area contributed by atoms with Gasteiger partial charge >= 0.3 is 0 Å². The normalized spacial score (nSPS) is 23.9. The van der Waals surface area contributed by atoms with Crippen LogP contribution in [-0.2, 0) is 14.6 Å². The lowest BCUT2D eigenvalue weighted by Gasteiger charge is -2.24. The van der Waals surface area contributed by atoms with E-state index in [0.29, 0.717) is 15.9 Å². The van der Waals surface area contributed by atoms with E-state index in [1.54, 1.807) is 24.3 Å². The van der Waals surface area contributed by atoms with Gasteiger partial charge in [-0.15, -0.1) is 0 Å². The van der Waals surface area contributed by atoms with Crippen LogP contribution in [0, 0.1) is 6.92 Å². The van der Waals surface area contributed by atoms with Gasteiger partial charge in [0.05, 0.1) is 17.5 Å². The van der Waals surface area contributed by atoms with E-state index < -0.39 is 15.7 Å². The van der Waals surface area contributed by atoms with E-state index in [1.165, 1.54) is 11.8 Å². The van der Waals surface area contributed by atoms with Gasteiger partial charge in [-0.3, -0.25) is 4.79 Å². The molecule has 6 nitrogen and oxygen atoms in total. The molecule has 0 radical (unpaired) electrons. The van der Waals surface area contributed by atoms with E-state index in [2.05, 4.69) is 4.99 Å². The summed E-state index contributed by atoms with van der Waals surface area (Å²) < 4.78 is 29.7. The molecule has 0 aliphatic carbocycles. The molecule has 2 aromatic rings. The van der Waals surface area contributed by atoms with Crippen LogP contribution in [0.5, 0.6) is 5.75 Å². The number of fused-ring (bicyclic) bond motifs is 1. The summed E-state index contributed by atoms with van der Waals surface area (Å²) in [6.07, 6.45) is 0. The zero-order valence-electron chi connectivity index (χ0n) is 15.6. The minimum absolute atomic E-state index is 0.0626. The molecule has 2 saturated heterocycles. The van der Waals surface area contributed by atoms with Gasteiger partial charge in [0.25, 0.3) is 5.91 Å². The zero-order chi connectivity index (χ0) is 20.6. The Balaban J connectivity index is 1.56. The van der Waals surface area contributed by atoms with Crippen LogP contribution in [0.1, 0.15) is 5.56 Å². The van der Waals surface area contributed by atoms with Crippen molar-refractivity contribution >= 4 is 50.0 Å². The van der Waals surface area contributed by atoms with Crippen molar-refractivity contribution in [1.82, 2.24) is 0 Å². The fraction of sp³-hybridized carbons (Fsp3) is 0.300. The van der Waals surface area contributed by atoms with Gasteiger partial charge in [-0.05, 0) is 48.9 Å². The molecule has 0 spiro atoms. The third-order valence-corrected chi connectivity index (χ3v) is 8.20. The van der Waals surface area contributed by atoms with Gasteiger partial charge < -0.3 is 9.64 Å². The van der Waals surface area contributed by atoms with Crippen LogP contribution in [0.15, 0.2) is 53.5 Å². The lowest BCUT2D eigenvalue weighted by Crippen LogP contribution is -2.37. The molecule has 29 heavy (non-hydrogen) atoms. The van der Waals surface area contributed by atoms with Gasteiger partial charge in [-0.2, -0.15) is 4.99 Å². The summed E-state index contributed by atoms with van der Waals surface area (Å²) in [6, 6.07) is 14.3. The number of carbonyl (C=O) groups excluding carboxylic acids is 1. The number of sulfone groups is 1. The first-order chi connectivity index (χ1) is 13.8. The Morgan fingerprint density at radius 3 is 2.72 bits per heavy atom. The molecule has 2 aliphatic heterocycles. The third-order valence-electron chi connectivity index (χ3n) is 4.74. The van der Waals surface area contributed by atoms with Crippen molar-refractivity contribution in [2.75, 3.05) is 23.0 Å². The number of rotatable bonds is 4. The van der Waals surface area contributed by atoms with Crippen LogP contribution in [0.25, 0.3) is 0 Å². The van der Waals surface area contributed by atoms with E-state index in [-0.39, 0.29) is 29.4 Å². The molecule has 4 rings (SSSR count). The number of hydrogen-bond donors (Lipinski definition) is 0. The Labute approximate surface area is 178 Å². The SMILES string of the molecule is Cc1cccc(N2C(=NC(=O)COc3ccc(Cl)cc3)S[C@H]3CS(=O)(=O)C[C@@H]32)c1. The number of nitrogens with zero attached hydrogens (tertiary/aromatic N) is 2. The van der Waals surface area contributed by atoms with Crippen molar-refractivity contribution in [3.05, 3.63) is 59.1 Å². The summed E-state index contributed by atoms with van der Waals surface area (Å²) in [7, 11) is -3.10. The van der Waals surface area contributed by atoms with Crippen molar-refractivity contribution in [3.8, 4) is 5.75 Å². The minimum Gasteiger partial charge on any atom is -0.484 e. The van der Waals surface area contributed by atoms with E-state index in [1.807, 2.05) is 36.1 Å².